The number of hydrogen-bond acceptors (Lipinski definition) is 3. The number of rotatable bonds is 5. The Morgan fingerprint density at radius 1 is 1.14 bits per heavy atom. The summed E-state index contributed by atoms with van der Waals surface area (Å²) in [6.07, 6.45) is 0.602. The van der Waals surface area contributed by atoms with Crippen LogP contribution >= 0.6 is 11.6 Å². The van der Waals surface area contributed by atoms with Crippen LogP contribution in [0.25, 0.3) is 0 Å². The molecule has 1 aliphatic heterocycles. The number of nitrogens with one attached hydrogen (secondary N) is 1. The lowest BCUT2D eigenvalue weighted by molar-refractivity contribution is -0.126. The van der Waals surface area contributed by atoms with Gasteiger partial charge in [-0.05, 0) is 55.7 Å². The van der Waals surface area contributed by atoms with E-state index in [0.29, 0.717) is 23.9 Å². The van der Waals surface area contributed by atoms with Crippen molar-refractivity contribution < 1.29 is 22.0 Å². The van der Waals surface area contributed by atoms with Gasteiger partial charge >= 0.3 is 0 Å². The molecule has 3 rings (SSSR count). The fourth-order valence-electron chi connectivity index (χ4n) is 3.34. The first-order valence-corrected chi connectivity index (χ1v) is 11.0. The molecule has 0 aliphatic carbocycles. The van der Waals surface area contributed by atoms with Gasteiger partial charge in [-0.1, -0.05) is 23.7 Å². The molecule has 1 atom stereocenters. The van der Waals surface area contributed by atoms with E-state index >= 15 is 0 Å². The second-order valence-electron chi connectivity index (χ2n) is 7.03. The Labute approximate surface area is 173 Å². The lowest BCUT2D eigenvalue weighted by Gasteiger charge is -2.31. The van der Waals surface area contributed by atoms with Gasteiger partial charge in [-0.25, -0.2) is 17.2 Å². The van der Waals surface area contributed by atoms with Gasteiger partial charge in [0, 0.05) is 24.0 Å². The van der Waals surface area contributed by atoms with Crippen LogP contribution < -0.4 is 5.32 Å². The number of nitrogens with zero attached hydrogens (tertiary/aromatic N) is 1. The van der Waals surface area contributed by atoms with Crippen LogP contribution in [0.4, 0.5) is 8.78 Å². The number of sulfonamides is 1. The molecule has 29 heavy (non-hydrogen) atoms. The van der Waals surface area contributed by atoms with Crippen molar-refractivity contribution in [2.24, 2.45) is 5.92 Å². The van der Waals surface area contributed by atoms with Gasteiger partial charge in [0.15, 0.2) is 0 Å². The Balaban J connectivity index is 1.61. The summed E-state index contributed by atoms with van der Waals surface area (Å²) in [5, 5.41) is 3.53. The van der Waals surface area contributed by atoms with E-state index in [4.69, 9.17) is 11.6 Å². The molecule has 1 aliphatic rings. The zero-order chi connectivity index (χ0) is 21.2. The zero-order valence-corrected chi connectivity index (χ0v) is 17.3. The topological polar surface area (TPSA) is 66.5 Å². The Kier molecular flexibility index (Phi) is 6.55. The number of amides is 1. The maximum Gasteiger partial charge on any atom is 0.246 e. The molecule has 5 nitrogen and oxygen atoms in total. The predicted octanol–water partition coefficient (Wildman–Crippen LogP) is 3.90. The van der Waals surface area contributed by atoms with Gasteiger partial charge in [-0.2, -0.15) is 4.31 Å². The van der Waals surface area contributed by atoms with E-state index in [0.717, 1.165) is 22.0 Å². The Morgan fingerprint density at radius 2 is 1.76 bits per heavy atom. The first-order chi connectivity index (χ1) is 13.7. The maximum atomic E-state index is 13.9. The molecule has 156 valence electrons. The number of carbonyl (C=O) groups excluding carboxylic acids is 1. The van der Waals surface area contributed by atoms with Gasteiger partial charge in [-0.15, -0.1) is 0 Å². The largest absolute Gasteiger partial charge is 0.349 e. The smallest absolute Gasteiger partial charge is 0.246 e. The van der Waals surface area contributed by atoms with Gasteiger partial charge in [0.1, 0.15) is 16.5 Å². The quantitative estimate of drug-likeness (QED) is 0.763. The Hall–Kier alpha value is -2.03. The molecule has 2 aromatic rings. The summed E-state index contributed by atoms with van der Waals surface area (Å²) >= 11 is 5.87. The van der Waals surface area contributed by atoms with Crippen molar-refractivity contribution in [3.8, 4) is 0 Å². The van der Waals surface area contributed by atoms with Crippen LogP contribution in [-0.2, 0) is 14.8 Å². The van der Waals surface area contributed by atoms with Gasteiger partial charge in [0.05, 0.1) is 6.04 Å². The summed E-state index contributed by atoms with van der Waals surface area (Å²) < 4.78 is 53.7. The van der Waals surface area contributed by atoms with Crippen molar-refractivity contribution in [3.63, 3.8) is 0 Å². The average molecular weight is 443 g/mol. The molecule has 1 unspecified atom stereocenters. The zero-order valence-electron chi connectivity index (χ0n) is 15.7. The molecular formula is C20H21ClF2N2O3S. The second-order valence-corrected chi connectivity index (χ2v) is 9.38. The van der Waals surface area contributed by atoms with Crippen LogP contribution in [0, 0.1) is 17.6 Å². The molecule has 0 spiro atoms. The summed E-state index contributed by atoms with van der Waals surface area (Å²) in [7, 11) is -4.16. The fourth-order valence-corrected chi connectivity index (χ4v) is 5.01. The Morgan fingerprint density at radius 3 is 2.38 bits per heavy atom. The van der Waals surface area contributed by atoms with E-state index in [1.807, 2.05) is 19.1 Å². The standard InChI is InChI=1S/C20H21ClF2N2O3S/c1-13(14-2-4-16(21)5-3-14)24-20(26)15-8-10-25(11-9-15)29(27,28)19-12-17(22)6-7-18(19)23/h2-7,12-13,15H,8-11H2,1H3,(H,24,26). The van der Waals surface area contributed by atoms with Gasteiger partial charge in [0.2, 0.25) is 15.9 Å². The van der Waals surface area contributed by atoms with Crippen LogP contribution in [0.3, 0.4) is 0 Å². The summed E-state index contributed by atoms with van der Waals surface area (Å²) in [5.74, 6) is -2.34. The van der Waals surface area contributed by atoms with E-state index < -0.39 is 26.6 Å². The lowest BCUT2D eigenvalue weighted by Crippen LogP contribution is -2.43. The van der Waals surface area contributed by atoms with Crippen molar-refractivity contribution in [2.45, 2.75) is 30.7 Å². The highest BCUT2D eigenvalue weighted by atomic mass is 35.5. The normalized spacial score (nSPS) is 17.1. The highest BCUT2D eigenvalue weighted by Crippen LogP contribution is 2.26. The Bertz CT molecular complexity index is 991. The van der Waals surface area contributed by atoms with E-state index in [-0.39, 0.29) is 31.0 Å². The first-order valence-electron chi connectivity index (χ1n) is 9.19. The second kappa shape index (κ2) is 8.77. The van der Waals surface area contributed by atoms with Crippen molar-refractivity contribution in [3.05, 3.63) is 64.7 Å². The molecule has 2 aromatic carbocycles. The van der Waals surface area contributed by atoms with Gasteiger partial charge in [0.25, 0.3) is 0 Å². The van der Waals surface area contributed by atoms with Crippen LogP contribution in [0.1, 0.15) is 31.4 Å². The van der Waals surface area contributed by atoms with Crippen LogP contribution in [0.5, 0.6) is 0 Å². The molecule has 0 aromatic heterocycles. The number of carbonyl (C=O) groups is 1. The molecule has 0 saturated carbocycles. The summed E-state index contributed by atoms with van der Waals surface area (Å²) in [6, 6.07) is 9.27. The number of piperidine rings is 1. The molecule has 0 radical (unpaired) electrons. The maximum absolute atomic E-state index is 13.9. The highest BCUT2D eigenvalue weighted by Gasteiger charge is 2.34. The number of benzene rings is 2. The van der Waals surface area contributed by atoms with E-state index in [2.05, 4.69) is 5.32 Å². The van der Waals surface area contributed by atoms with Crippen molar-refractivity contribution >= 4 is 27.5 Å². The minimum Gasteiger partial charge on any atom is -0.349 e. The van der Waals surface area contributed by atoms with E-state index in [1.165, 1.54) is 0 Å². The van der Waals surface area contributed by atoms with Gasteiger partial charge in [-0.3, -0.25) is 4.79 Å². The van der Waals surface area contributed by atoms with Crippen molar-refractivity contribution in [1.82, 2.24) is 9.62 Å². The molecule has 1 N–H and O–H groups in total. The minimum atomic E-state index is -4.16. The van der Waals surface area contributed by atoms with Gasteiger partial charge < -0.3 is 5.32 Å². The summed E-state index contributed by atoms with van der Waals surface area (Å²) in [4.78, 5) is 11.9. The number of halogens is 3. The van der Waals surface area contributed by atoms with Crippen LogP contribution in [-0.4, -0.2) is 31.7 Å². The van der Waals surface area contributed by atoms with Crippen LogP contribution in [0.15, 0.2) is 47.4 Å². The van der Waals surface area contributed by atoms with Crippen LogP contribution in [0.2, 0.25) is 5.02 Å². The molecule has 0 bridgehead atoms. The minimum absolute atomic E-state index is 0.0612. The highest BCUT2D eigenvalue weighted by molar-refractivity contribution is 7.89. The van der Waals surface area contributed by atoms with E-state index in [9.17, 15) is 22.0 Å². The molecule has 1 heterocycles. The van der Waals surface area contributed by atoms with Crippen molar-refractivity contribution in [1.29, 1.82) is 0 Å². The summed E-state index contributed by atoms with van der Waals surface area (Å²) in [5.41, 5.74) is 0.907. The number of hydrogen-bond donors (Lipinski definition) is 1. The average Bonchev–Trinajstić information content (AvgIpc) is 2.70. The molecule has 9 heteroatoms. The third-order valence-corrected chi connectivity index (χ3v) is 7.23. The molecule has 1 fully saturated rings. The summed E-state index contributed by atoms with van der Waals surface area (Å²) in [6.45, 7) is 1.98. The lowest BCUT2D eigenvalue weighted by atomic mass is 9.96. The first kappa shape index (κ1) is 21.7. The monoisotopic (exact) mass is 442 g/mol. The predicted molar refractivity (Wildman–Crippen MR) is 106 cm³/mol. The fraction of sp³-hybridized carbons (Fsp3) is 0.350. The van der Waals surface area contributed by atoms with E-state index in [1.54, 1.807) is 12.1 Å². The third-order valence-electron chi connectivity index (χ3n) is 5.06. The molecule has 1 saturated heterocycles. The van der Waals surface area contributed by atoms with Crippen molar-refractivity contribution in [2.75, 3.05) is 13.1 Å². The molecular weight excluding hydrogens is 422 g/mol. The molecule has 1 amide bonds. The SMILES string of the molecule is CC(NC(=O)C1CCN(S(=O)(=O)c2cc(F)ccc2F)CC1)c1ccc(Cl)cc1. The third kappa shape index (κ3) is 4.94.